The van der Waals surface area contributed by atoms with Crippen LogP contribution in [-0.2, 0) is 11.3 Å². The van der Waals surface area contributed by atoms with Crippen LogP contribution < -0.4 is 4.90 Å². The largest absolute Gasteiger partial charge is 0.478 e. The van der Waals surface area contributed by atoms with Crippen molar-refractivity contribution in [2.24, 2.45) is 0 Å². The molecule has 6 nitrogen and oxygen atoms in total. The lowest BCUT2D eigenvalue weighted by atomic mass is 9.90. The maximum Gasteiger partial charge on any atom is 0.415 e. The molecule has 3 aromatic carbocycles. The molecule has 1 N–H and O–H groups in total. The van der Waals surface area contributed by atoms with Crippen LogP contribution in [0.1, 0.15) is 34.3 Å². The van der Waals surface area contributed by atoms with Crippen LogP contribution in [0.15, 0.2) is 54.6 Å². The molecular weight excluding hydrogens is 502 g/mol. The van der Waals surface area contributed by atoms with Gasteiger partial charge in [0.15, 0.2) is 0 Å². The fourth-order valence-corrected chi connectivity index (χ4v) is 5.57. The lowest BCUT2D eigenvalue weighted by Crippen LogP contribution is -2.46. The van der Waals surface area contributed by atoms with Crippen LogP contribution in [0.4, 0.5) is 19.3 Å². The summed E-state index contributed by atoms with van der Waals surface area (Å²) in [6.45, 7) is 4.33. The van der Waals surface area contributed by atoms with Gasteiger partial charge in [0.1, 0.15) is 17.2 Å². The number of piperidine rings is 1. The number of hydrogen-bond acceptors (Lipinski definition) is 4. The SMILES string of the molecule is Cc1cc(CN2CCC3(CC2)CN(c2ccc(C(=O)O)cc2)C(=O)O3)cc(Cl)c1-c1ccc(F)cc1F. The number of halogens is 3. The summed E-state index contributed by atoms with van der Waals surface area (Å²) in [6.07, 6.45) is 0.893. The number of carboxylic acids is 1. The summed E-state index contributed by atoms with van der Waals surface area (Å²) in [5.74, 6) is -2.31. The third-order valence-corrected chi connectivity index (χ3v) is 7.42. The van der Waals surface area contributed by atoms with Gasteiger partial charge >= 0.3 is 12.1 Å². The van der Waals surface area contributed by atoms with E-state index in [1.54, 1.807) is 17.0 Å². The Balaban J connectivity index is 1.24. The Labute approximate surface area is 218 Å². The number of carbonyl (C=O) groups excluding carboxylic acids is 1. The van der Waals surface area contributed by atoms with Crippen molar-refractivity contribution in [3.8, 4) is 11.1 Å². The van der Waals surface area contributed by atoms with Crippen LogP contribution in [0, 0.1) is 18.6 Å². The van der Waals surface area contributed by atoms with E-state index in [-0.39, 0.29) is 11.1 Å². The average molecular weight is 527 g/mol. The van der Waals surface area contributed by atoms with Crippen LogP contribution in [0.5, 0.6) is 0 Å². The predicted octanol–water partition coefficient (Wildman–Crippen LogP) is 6.28. The average Bonchev–Trinajstić information content (AvgIpc) is 3.17. The van der Waals surface area contributed by atoms with Gasteiger partial charge in [-0.3, -0.25) is 9.80 Å². The van der Waals surface area contributed by atoms with Crippen molar-refractivity contribution >= 4 is 29.4 Å². The Hall–Kier alpha value is -3.49. The molecule has 0 atom stereocenters. The van der Waals surface area contributed by atoms with Gasteiger partial charge in [0.25, 0.3) is 0 Å². The molecule has 0 saturated carbocycles. The quantitative estimate of drug-likeness (QED) is 0.423. The normalized spacial score (nSPS) is 17.3. The van der Waals surface area contributed by atoms with Gasteiger partial charge in [-0.2, -0.15) is 0 Å². The van der Waals surface area contributed by atoms with E-state index in [0.717, 1.165) is 17.2 Å². The molecule has 1 amide bonds. The smallest absolute Gasteiger partial charge is 0.415 e. The summed E-state index contributed by atoms with van der Waals surface area (Å²) >= 11 is 6.54. The topological polar surface area (TPSA) is 70.1 Å². The molecule has 192 valence electrons. The number of benzene rings is 3. The summed E-state index contributed by atoms with van der Waals surface area (Å²) in [5.41, 5.74) is 2.78. The van der Waals surface area contributed by atoms with E-state index >= 15 is 0 Å². The summed E-state index contributed by atoms with van der Waals surface area (Å²) in [6, 6.07) is 13.4. The second-order valence-corrected chi connectivity index (χ2v) is 10.1. The molecule has 1 spiro atoms. The fraction of sp³-hybridized carbons (Fsp3) is 0.286. The van der Waals surface area contributed by atoms with Crippen LogP contribution in [0.2, 0.25) is 5.02 Å². The second-order valence-electron chi connectivity index (χ2n) is 9.66. The molecule has 5 rings (SSSR count). The number of amides is 1. The van der Waals surface area contributed by atoms with Gasteiger partial charge in [-0.1, -0.05) is 17.7 Å². The number of anilines is 1. The van der Waals surface area contributed by atoms with Crippen LogP contribution >= 0.6 is 11.6 Å². The first-order chi connectivity index (χ1) is 17.6. The minimum absolute atomic E-state index is 0.158. The van der Waals surface area contributed by atoms with Crippen LogP contribution in [0.3, 0.4) is 0 Å². The van der Waals surface area contributed by atoms with Crippen LogP contribution in [-0.4, -0.2) is 47.3 Å². The maximum absolute atomic E-state index is 14.4. The Morgan fingerprint density at radius 1 is 1.08 bits per heavy atom. The molecule has 2 aliphatic heterocycles. The summed E-state index contributed by atoms with van der Waals surface area (Å²) in [5, 5.41) is 9.50. The third-order valence-electron chi connectivity index (χ3n) is 7.12. The van der Waals surface area contributed by atoms with Gasteiger partial charge in [0, 0.05) is 60.4 Å². The zero-order valence-corrected chi connectivity index (χ0v) is 20.9. The number of aromatic carboxylic acids is 1. The monoisotopic (exact) mass is 526 g/mol. The Kier molecular flexibility index (Phi) is 6.64. The molecule has 0 unspecified atom stereocenters. The molecule has 37 heavy (non-hydrogen) atoms. The Morgan fingerprint density at radius 3 is 2.41 bits per heavy atom. The van der Waals surface area contributed by atoms with Gasteiger partial charge in [-0.05, 0) is 60.5 Å². The maximum atomic E-state index is 14.4. The van der Waals surface area contributed by atoms with Gasteiger partial charge in [-0.15, -0.1) is 0 Å². The molecule has 2 saturated heterocycles. The zero-order chi connectivity index (χ0) is 26.3. The first-order valence-corrected chi connectivity index (χ1v) is 12.3. The molecule has 2 aliphatic rings. The van der Waals surface area contributed by atoms with E-state index in [9.17, 15) is 18.4 Å². The molecule has 0 bridgehead atoms. The van der Waals surface area contributed by atoms with Gasteiger partial charge < -0.3 is 9.84 Å². The number of ether oxygens (including phenoxy) is 1. The third kappa shape index (κ3) is 5.04. The highest BCUT2D eigenvalue weighted by Crippen LogP contribution is 2.38. The molecule has 2 heterocycles. The second kappa shape index (κ2) is 9.76. The standard InChI is InChI=1S/C28H25ClF2N2O4/c1-17-12-18(13-23(29)25(17)22-7-4-20(30)14-24(22)31)15-32-10-8-28(9-11-32)16-33(27(36)37-28)21-5-2-19(3-6-21)26(34)35/h2-7,12-14H,8-11,15-16H2,1H3,(H,34,35). The number of rotatable bonds is 5. The number of carbonyl (C=O) groups is 2. The van der Waals surface area contributed by atoms with Gasteiger partial charge in [-0.25, -0.2) is 18.4 Å². The van der Waals surface area contributed by atoms with E-state index in [4.69, 9.17) is 21.4 Å². The summed E-state index contributed by atoms with van der Waals surface area (Å²) in [7, 11) is 0. The molecule has 2 fully saturated rings. The van der Waals surface area contributed by atoms with Crippen molar-refractivity contribution in [1.29, 1.82) is 0 Å². The Bertz CT molecular complexity index is 1350. The van der Waals surface area contributed by atoms with Crippen LogP contribution in [0.25, 0.3) is 11.1 Å². The number of hydrogen-bond donors (Lipinski definition) is 1. The van der Waals surface area contributed by atoms with E-state index in [2.05, 4.69) is 4.90 Å². The first kappa shape index (κ1) is 25.2. The first-order valence-electron chi connectivity index (χ1n) is 11.9. The fourth-order valence-electron chi connectivity index (χ4n) is 5.18. The lowest BCUT2D eigenvalue weighted by molar-refractivity contribution is -0.000983. The Morgan fingerprint density at radius 2 is 1.78 bits per heavy atom. The molecule has 0 aromatic heterocycles. The highest BCUT2D eigenvalue weighted by atomic mass is 35.5. The van der Waals surface area contributed by atoms with Crippen molar-refractivity contribution in [1.82, 2.24) is 4.90 Å². The number of carboxylic acid groups (broad SMARTS) is 1. The van der Waals surface area contributed by atoms with Gasteiger partial charge in [0.2, 0.25) is 0 Å². The predicted molar refractivity (Wildman–Crippen MR) is 136 cm³/mol. The van der Waals surface area contributed by atoms with Crippen molar-refractivity contribution in [2.45, 2.75) is 31.9 Å². The van der Waals surface area contributed by atoms with Crippen molar-refractivity contribution in [2.75, 3.05) is 24.5 Å². The summed E-state index contributed by atoms with van der Waals surface area (Å²) < 4.78 is 33.5. The minimum Gasteiger partial charge on any atom is -0.478 e. The highest BCUT2D eigenvalue weighted by Gasteiger charge is 2.47. The van der Waals surface area contributed by atoms with Crippen molar-refractivity contribution < 1.29 is 28.2 Å². The molecular formula is C28H25ClF2N2O4. The molecule has 0 aliphatic carbocycles. The number of likely N-dealkylation sites (tertiary alicyclic amines) is 1. The molecule has 0 radical (unpaired) electrons. The molecule has 3 aromatic rings. The number of aryl methyl sites for hydroxylation is 1. The lowest BCUT2D eigenvalue weighted by Gasteiger charge is -2.37. The minimum atomic E-state index is -1.02. The highest BCUT2D eigenvalue weighted by molar-refractivity contribution is 6.33. The van der Waals surface area contributed by atoms with E-state index in [0.29, 0.717) is 55.3 Å². The van der Waals surface area contributed by atoms with E-state index in [1.165, 1.54) is 24.3 Å². The van der Waals surface area contributed by atoms with E-state index in [1.807, 2.05) is 19.1 Å². The van der Waals surface area contributed by atoms with Crippen molar-refractivity contribution in [3.63, 3.8) is 0 Å². The molecule has 9 heteroatoms. The summed E-state index contributed by atoms with van der Waals surface area (Å²) in [4.78, 5) is 27.5. The van der Waals surface area contributed by atoms with Crippen molar-refractivity contribution in [3.05, 3.63) is 87.9 Å². The number of nitrogens with zero attached hydrogens (tertiary/aromatic N) is 2. The van der Waals surface area contributed by atoms with Gasteiger partial charge in [0.05, 0.1) is 12.1 Å². The van der Waals surface area contributed by atoms with E-state index < -0.39 is 29.3 Å². The zero-order valence-electron chi connectivity index (χ0n) is 20.1.